The van der Waals surface area contributed by atoms with Gasteiger partial charge in [0, 0.05) is 5.92 Å². The number of aromatic nitrogens is 1. The van der Waals surface area contributed by atoms with Gasteiger partial charge in [0.1, 0.15) is 11.0 Å². The Morgan fingerprint density at radius 3 is 2.88 bits per heavy atom. The summed E-state index contributed by atoms with van der Waals surface area (Å²) >= 11 is 5.75. The number of nitrogens with zero attached hydrogens (tertiary/aromatic N) is 1. The van der Waals surface area contributed by atoms with Gasteiger partial charge in [-0.2, -0.15) is 0 Å². The van der Waals surface area contributed by atoms with Crippen molar-refractivity contribution in [3.63, 3.8) is 0 Å². The zero-order chi connectivity index (χ0) is 11.1. The lowest BCUT2D eigenvalue weighted by Crippen LogP contribution is -2.23. The molecule has 0 spiro atoms. The minimum Gasteiger partial charge on any atom is -0.316 e. The highest BCUT2D eigenvalue weighted by Gasteiger charge is 2.56. The van der Waals surface area contributed by atoms with Gasteiger partial charge in [0.15, 0.2) is 0 Å². The number of pyridine rings is 1. The summed E-state index contributed by atoms with van der Waals surface area (Å²) in [4.78, 5) is 15.9. The van der Waals surface area contributed by atoms with Crippen LogP contribution in [0, 0.1) is 17.8 Å². The summed E-state index contributed by atoms with van der Waals surface area (Å²) in [5, 5.41) is 6.47. The van der Waals surface area contributed by atoms with Crippen LogP contribution in [0.4, 0.5) is 5.82 Å². The lowest BCUT2D eigenvalue weighted by Gasteiger charge is -2.06. The van der Waals surface area contributed by atoms with Gasteiger partial charge in [0.05, 0.1) is 0 Å². The van der Waals surface area contributed by atoms with Crippen molar-refractivity contribution in [3.8, 4) is 0 Å². The Labute approximate surface area is 98.4 Å². The summed E-state index contributed by atoms with van der Waals surface area (Å²) in [5.74, 6) is 1.84. The molecule has 4 nitrogen and oxygen atoms in total. The molecule has 1 aliphatic carbocycles. The molecule has 0 bridgehead atoms. The van der Waals surface area contributed by atoms with E-state index in [0.29, 0.717) is 22.8 Å². The number of fused-ring (bicyclic) bond motifs is 1. The molecule has 1 aromatic heterocycles. The molecule has 2 atom stereocenters. The van der Waals surface area contributed by atoms with Crippen LogP contribution >= 0.6 is 11.6 Å². The van der Waals surface area contributed by atoms with Crippen LogP contribution in [0.5, 0.6) is 0 Å². The molecule has 3 rings (SSSR count). The van der Waals surface area contributed by atoms with Crippen molar-refractivity contribution < 1.29 is 4.79 Å². The van der Waals surface area contributed by atoms with Gasteiger partial charge in [0.25, 0.3) is 0 Å². The van der Waals surface area contributed by atoms with E-state index < -0.39 is 0 Å². The number of hydrogen-bond donors (Lipinski definition) is 2. The van der Waals surface area contributed by atoms with E-state index in [2.05, 4.69) is 15.6 Å². The third kappa shape index (κ3) is 1.68. The second-order valence-corrected chi connectivity index (χ2v) is 4.73. The van der Waals surface area contributed by atoms with Crippen LogP contribution in [0.2, 0.25) is 5.15 Å². The highest BCUT2D eigenvalue weighted by atomic mass is 35.5. The zero-order valence-electron chi connectivity index (χ0n) is 8.61. The number of nitrogens with one attached hydrogen (secondary N) is 2. The maximum absolute atomic E-state index is 11.9. The third-order valence-electron chi connectivity index (χ3n) is 3.36. The fourth-order valence-corrected chi connectivity index (χ4v) is 2.66. The lowest BCUT2D eigenvalue weighted by atomic mass is 10.2. The second kappa shape index (κ2) is 3.71. The predicted octanol–water partition coefficient (Wildman–Crippen LogP) is 1.14. The maximum Gasteiger partial charge on any atom is 0.229 e. The molecule has 2 N–H and O–H groups in total. The lowest BCUT2D eigenvalue weighted by molar-refractivity contribution is -0.118. The fraction of sp³-hybridized carbons (Fsp3) is 0.455. The van der Waals surface area contributed by atoms with E-state index in [1.54, 1.807) is 18.2 Å². The zero-order valence-corrected chi connectivity index (χ0v) is 9.37. The van der Waals surface area contributed by atoms with E-state index in [-0.39, 0.29) is 11.8 Å². The van der Waals surface area contributed by atoms with Crippen LogP contribution in [0.3, 0.4) is 0 Å². The van der Waals surface area contributed by atoms with Crippen molar-refractivity contribution in [1.82, 2.24) is 10.3 Å². The molecule has 16 heavy (non-hydrogen) atoms. The Hall–Kier alpha value is -1.13. The molecule has 1 saturated carbocycles. The first kappa shape index (κ1) is 10.1. The van der Waals surface area contributed by atoms with Gasteiger partial charge in [-0.05, 0) is 37.1 Å². The summed E-state index contributed by atoms with van der Waals surface area (Å²) in [6.45, 7) is 1.93. The quantitative estimate of drug-likeness (QED) is 0.759. The molecular weight excluding hydrogens is 226 g/mol. The molecule has 2 unspecified atom stereocenters. The minimum atomic E-state index is 0.0752. The molecule has 84 valence electrons. The number of rotatable bonds is 2. The van der Waals surface area contributed by atoms with E-state index in [4.69, 9.17) is 11.6 Å². The first-order valence-electron chi connectivity index (χ1n) is 5.40. The third-order valence-corrected chi connectivity index (χ3v) is 3.57. The maximum atomic E-state index is 11.9. The summed E-state index contributed by atoms with van der Waals surface area (Å²) in [6.07, 6.45) is 0. The topological polar surface area (TPSA) is 54.0 Å². The first-order chi connectivity index (χ1) is 7.75. The summed E-state index contributed by atoms with van der Waals surface area (Å²) in [7, 11) is 0. The second-order valence-electron chi connectivity index (χ2n) is 4.35. The van der Waals surface area contributed by atoms with E-state index >= 15 is 0 Å². The van der Waals surface area contributed by atoms with E-state index in [1.165, 1.54) is 0 Å². The summed E-state index contributed by atoms with van der Waals surface area (Å²) < 4.78 is 0. The van der Waals surface area contributed by atoms with Gasteiger partial charge < -0.3 is 10.6 Å². The fourth-order valence-electron chi connectivity index (χ4n) is 2.49. The minimum absolute atomic E-state index is 0.0752. The van der Waals surface area contributed by atoms with Crippen molar-refractivity contribution in [3.05, 3.63) is 23.4 Å². The Morgan fingerprint density at radius 2 is 2.19 bits per heavy atom. The van der Waals surface area contributed by atoms with E-state index in [0.717, 1.165) is 13.1 Å². The molecule has 1 amide bonds. The Balaban J connectivity index is 1.65. The monoisotopic (exact) mass is 237 g/mol. The largest absolute Gasteiger partial charge is 0.316 e. The molecule has 2 heterocycles. The highest BCUT2D eigenvalue weighted by molar-refractivity contribution is 6.29. The first-order valence-corrected chi connectivity index (χ1v) is 5.77. The Morgan fingerprint density at radius 1 is 1.44 bits per heavy atom. The molecule has 1 aliphatic heterocycles. The molecule has 0 radical (unpaired) electrons. The highest BCUT2D eigenvalue weighted by Crippen LogP contribution is 2.48. The molecule has 2 aliphatic rings. The average molecular weight is 238 g/mol. The SMILES string of the molecule is O=C(Nc1cccc(Cl)n1)C1C2CNCC21. The van der Waals surface area contributed by atoms with Crippen LogP contribution < -0.4 is 10.6 Å². The number of anilines is 1. The number of hydrogen-bond acceptors (Lipinski definition) is 3. The Kier molecular flexibility index (Phi) is 2.33. The summed E-state index contributed by atoms with van der Waals surface area (Å²) in [5.41, 5.74) is 0. The number of carbonyl (C=O) groups excluding carboxylic acids is 1. The average Bonchev–Trinajstić information content (AvgIpc) is 2.73. The van der Waals surface area contributed by atoms with Crippen molar-refractivity contribution >= 4 is 23.3 Å². The van der Waals surface area contributed by atoms with Crippen LogP contribution in [0.15, 0.2) is 18.2 Å². The number of carbonyl (C=O) groups is 1. The van der Waals surface area contributed by atoms with Crippen molar-refractivity contribution in [2.24, 2.45) is 17.8 Å². The van der Waals surface area contributed by atoms with Crippen molar-refractivity contribution in [1.29, 1.82) is 0 Å². The molecular formula is C11H12ClN3O. The number of piperidine rings is 1. The van der Waals surface area contributed by atoms with Crippen LogP contribution in [0.1, 0.15) is 0 Å². The van der Waals surface area contributed by atoms with Crippen LogP contribution in [-0.4, -0.2) is 24.0 Å². The van der Waals surface area contributed by atoms with E-state index in [1.807, 2.05) is 0 Å². The van der Waals surface area contributed by atoms with Gasteiger partial charge in [-0.3, -0.25) is 4.79 Å². The van der Waals surface area contributed by atoms with E-state index in [9.17, 15) is 4.79 Å². The van der Waals surface area contributed by atoms with Gasteiger partial charge in [-0.25, -0.2) is 4.98 Å². The molecule has 1 saturated heterocycles. The summed E-state index contributed by atoms with van der Waals surface area (Å²) in [6, 6.07) is 5.22. The standard InChI is InChI=1S/C11H12ClN3O/c12-8-2-1-3-9(14-8)15-11(16)10-6-4-13-5-7(6)10/h1-3,6-7,10,13H,4-5H2,(H,14,15,16). The van der Waals surface area contributed by atoms with Crippen molar-refractivity contribution in [2.45, 2.75) is 0 Å². The van der Waals surface area contributed by atoms with Crippen LogP contribution in [-0.2, 0) is 4.79 Å². The molecule has 0 aromatic carbocycles. The Bertz CT molecular complexity index is 427. The number of halogens is 1. The van der Waals surface area contributed by atoms with Gasteiger partial charge >= 0.3 is 0 Å². The van der Waals surface area contributed by atoms with Gasteiger partial charge in [-0.1, -0.05) is 17.7 Å². The molecule has 2 fully saturated rings. The molecule has 1 aromatic rings. The van der Waals surface area contributed by atoms with Gasteiger partial charge in [0.2, 0.25) is 5.91 Å². The normalized spacial score (nSPS) is 30.9. The van der Waals surface area contributed by atoms with Crippen molar-refractivity contribution in [2.75, 3.05) is 18.4 Å². The predicted molar refractivity (Wildman–Crippen MR) is 61.2 cm³/mol. The van der Waals surface area contributed by atoms with Crippen LogP contribution in [0.25, 0.3) is 0 Å². The number of amides is 1. The molecule has 5 heteroatoms. The smallest absolute Gasteiger partial charge is 0.229 e. The van der Waals surface area contributed by atoms with Gasteiger partial charge in [-0.15, -0.1) is 0 Å².